The van der Waals surface area contributed by atoms with Gasteiger partial charge in [0.1, 0.15) is 0 Å². The number of nitrogens with one attached hydrogen (secondary N) is 1. The summed E-state index contributed by atoms with van der Waals surface area (Å²) in [6.45, 7) is 4.43. The minimum Gasteiger partial charge on any atom is -0.351 e. The molecule has 0 fully saturated rings. The molecule has 5 nitrogen and oxygen atoms in total. The molecule has 3 aromatic carbocycles. The highest BCUT2D eigenvalue weighted by molar-refractivity contribution is 7.92. The number of nitrogens with zero attached hydrogens (tertiary/aromatic N) is 1. The van der Waals surface area contributed by atoms with Crippen LogP contribution in [0.2, 0.25) is 5.02 Å². The first-order valence-electron chi connectivity index (χ1n) is 10.0. The summed E-state index contributed by atoms with van der Waals surface area (Å²) in [6.07, 6.45) is 0. The Morgan fingerprint density at radius 3 is 2.23 bits per heavy atom. The summed E-state index contributed by atoms with van der Waals surface area (Å²) in [5.41, 5.74) is 1.79. The highest BCUT2D eigenvalue weighted by Crippen LogP contribution is 2.26. The fourth-order valence-corrected chi connectivity index (χ4v) is 5.00. The van der Waals surface area contributed by atoms with Crippen molar-refractivity contribution in [1.82, 2.24) is 5.32 Å². The second-order valence-electron chi connectivity index (χ2n) is 7.17. The van der Waals surface area contributed by atoms with E-state index in [-0.39, 0.29) is 27.9 Å². The fraction of sp³-hybridized carbons (Fsp3) is 0.208. The Balaban J connectivity index is 1.83. The molecule has 3 rings (SSSR count). The van der Waals surface area contributed by atoms with Crippen molar-refractivity contribution in [2.24, 2.45) is 0 Å². The first-order chi connectivity index (χ1) is 14.8. The molecule has 0 spiro atoms. The van der Waals surface area contributed by atoms with Crippen LogP contribution in [0.5, 0.6) is 0 Å². The molecule has 1 atom stereocenters. The van der Waals surface area contributed by atoms with Crippen LogP contribution in [0.1, 0.15) is 35.7 Å². The number of anilines is 1. The average Bonchev–Trinajstić information content (AvgIpc) is 2.79. The van der Waals surface area contributed by atoms with E-state index in [2.05, 4.69) is 5.32 Å². The minimum absolute atomic E-state index is 0.0175. The van der Waals surface area contributed by atoms with Crippen LogP contribution in [0.15, 0.2) is 83.8 Å². The van der Waals surface area contributed by atoms with E-state index in [0.29, 0.717) is 12.2 Å². The van der Waals surface area contributed by atoms with Crippen molar-refractivity contribution in [3.05, 3.63) is 95.0 Å². The molecule has 162 valence electrons. The van der Waals surface area contributed by atoms with E-state index in [0.717, 1.165) is 5.56 Å². The van der Waals surface area contributed by atoms with Crippen LogP contribution in [0.3, 0.4) is 0 Å². The van der Waals surface area contributed by atoms with Gasteiger partial charge in [0.25, 0.3) is 15.9 Å². The van der Waals surface area contributed by atoms with Gasteiger partial charge in [-0.3, -0.25) is 9.10 Å². The molecule has 0 aliphatic heterocycles. The number of carbonyl (C=O) groups excluding carboxylic acids is 1. The highest BCUT2D eigenvalue weighted by Gasteiger charge is 2.25. The zero-order chi connectivity index (χ0) is 22.4. The maximum atomic E-state index is 13.3. The first-order valence-corrected chi connectivity index (χ1v) is 11.9. The standard InChI is InChI=1S/C24H25ClN2O3S/c1-3-27(20-12-8-5-9-13-20)31(29,30)21-14-15-23(25)22(16-21)24(28)26-17-18(2)19-10-6-4-7-11-19/h4-16,18H,3,17H2,1-2H3,(H,26,28). The molecule has 0 aromatic heterocycles. The van der Waals surface area contributed by atoms with Crippen molar-refractivity contribution in [2.45, 2.75) is 24.7 Å². The van der Waals surface area contributed by atoms with Crippen LogP contribution in [-0.4, -0.2) is 27.4 Å². The molecule has 7 heteroatoms. The number of carbonyl (C=O) groups is 1. The normalized spacial score (nSPS) is 12.2. The van der Waals surface area contributed by atoms with Crippen LogP contribution in [0.4, 0.5) is 5.69 Å². The number of halogens is 1. The zero-order valence-corrected chi connectivity index (χ0v) is 19.0. The third-order valence-electron chi connectivity index (χ3n) is 5.04. The second-order valence-corrected chi connectivity index (χ2v) is 9.44. The molecule has 0 saturated carbocycles. The van der Waals surface area contributed by atoms with Gasteiger partial charge >= 0.3 is 0 Å². The Bertz CT molecular complexity index is 1140. The molecule has 1 N–H and O–H groups in total. The predicted octanol–water partition coefficient (Wildman–Crippen LogP) is 5.09. The lowest BCUT2D eigenvalue weighted by Crippen LogP contribution is -2.31. The van der Waals surface area contributed by atoms with Gasteiger partial charge in [0.2, 0.25) is 0 Å². The lowest BCUT2D eigenvalue weighted by molar-refractivity contribution is 0.0951. The molecule has 0 aliphatic rings. The first kappa shape index (κ1) is 22.8. The molecule has 31 heavy (non-hydrogen) atoms. The number of amides is 1. The minimum atomic E-state index is -3.86. The quantitative estimate of drug-likeness (QED) is 0.513. The molecule has 3 aromatic rings. The summed E-state index contributed by atoms with van der Waals surface area (Å²) in [5, 5.41) is 3.06. The SMILES string of the molecule is CCN(c1ccccc1)S(=O)(=O)c1ccc(Cl)c(C(=O)NCC(C)c2ccccc2)c1. The van der Waals surface area contributed by atoms with Gasteiger partial charge in [0.05, 0.1) is 21.2 Å². The topological polar surface area (TPSA) is 66.5 Å². The largest absolute Gasteiger partial charge is 0.351 e. The maximum absolute atomic E-state index is 13.3. The van der Waals surface area contributed by atoms with Gasteiger partial charge in [0.15, 0.2) is 0 Å². The van der Waals surface area contributed by atoms with Gasteiger partial charge in [-0.1, -0.05) is 67.1 Å². The summed E-state index contributed by atoms with van der Waals surface area (Å²) in [7, 11) is -3.86. The Labute approximate surface area is 188 Å². The van der Waals surface area contributed by atoms with E-state index in [4.69, 9.17) is 11.6 Å². The summed E-state index contributed by atoms with van der Waals surface area (Å²) in [5.74, 6) is -0.308. The van der Waals surface area contributed by atoms with E-state index < -0.39 is 15.9 Å². The maximum Gasteiger partial charge on any atom is 0.264 e. The van der Waals surface area contributed by atoms with Crippen LogP contribution in [0.25, 0.3) is 0 Å². The van der Waals surface area contributed by atoms with Crippen molar-refractivity contribution < 1.29 is 13.2 Å². The van der Waals surface area contributed by atoms with Crippen LogP contribution < -0.4 is 9.62 Å². The number of hydrogen-bond acceptors (Lipinski definition) is 3. The van der Waals surface area contributed by atoms with Crippen LogP contribution >= 0.6 is 11.6 Å². The Morgan fingerprint density at radius 2 is 1.61 bits per heavy atom. The van der Waals surface area contributed by atoms with Gasteiger partial charge in [-0.2, -0.15) is 0 Å². The smallest absolute Gasteiger partial charge is 0.264 e. The summed E-state index contributed by atoms with van der Waals surface area (Å²) < 4.78 is 27.8. The van der Waals surface area contributed by atoms with Crippen molar-refractivity contribution in [3.63, 3.8) is 0 Å². The van der Waals surface area contributed by atoms with Crippen molar-refractivity contribution in [3.8, 4) is 0 Å². The molecule has 1 amide bonds. The molecule has 0 bridgehead atoms. The van der Waals surface area contributed by atoms with Gasteiger partial charge in [-0.15, -0.1) is 0 Å². The summed E-state index contributed by atoms with van der Waals surface area (Å²) >= 11 is 6.23. The van der Waals surface area contributed by atoms with Crippen LogP contribution in [-0.2, 0) is 10.0 Å². The molecule has 1 unspecified atom stereocenters. The zero-order valence-electron chi connectivity index (χ0n) is 17.5. The molecule has 0 radical (unpaired) electrons. The lowest BCUT2D eigenvalue weighted by Gasteiger charge is -2.23. The lowest BCUT2D eigenvalue weighted by atomic mass is 10.0. The molecular formula is C24H25ClN2O3S. The molecule has 0 saturated heterocycles. The van der Waals surface area contributed by atoms with E-state index in [9.17, 15) is 13.2 Å². The molecular weight excluding hydrogens is 432 g/mol. The monoisotopic (exact) mass is 456 g/mol. The Kier molecular flexibility index (Phi) is 7.36. The average molecular weight is 457 g/mol. The number of benzene rings is 3. The summed E-state index contributed by atoms with van der Waals surface area (Å²) in [6, 6.07) is 22.9. The molecule has 0 heterocycles. The number of para-hydroxylation sites is 1. The van der Waals surface area contributed by atoms with E-state index >= 15 is 0 Å². The van der Waals surface area contributed by atoms with Gasteiger partial charge < -0.3 is 5.32 Å². The van der Waals surface area contributed by atoms with Gasteiger partial charge in [-0.25, -0.2) is 8.42 Å². The van der Waals surface area contributed by atoms with E-state index in [1.165, 1.54) is 22.5 Å². The number of sulfonamides is 1. The third-order valence-corrected chi connectivity index (χ3v) is 7.27. The van der Waals surface area contributed by atoms with Gasteiger partial charge in [-0.05, 0) is 48.7 Å². The van der Waals surface area contributed by atoms with E-state index in [1.807, 2.05) is 43.3 Å². The van der Waals surface area contributed by atoms with Crippen molar-refractivity contribution >= 4 is 33.2 Å². The van der Waals surface area contributed by atoms with Gasteiger partial charge in [0, 0.05) is 13.1 Å². The Morgan fingerprint density at radius 1 is 1.00 bits per heavy atom. The number of hydrogen-bond donors (Lipinski definition) is 1. The predicted molar refractivity (Wildman–Crippen MR) is 125 cm³/mol. The third kappa shape index (κ3) is 5.27. The highest BCUT2D eigenvalue weighted by atomic mass is 35.5. The molecule has 0 aliphatic carbocycles. The van der Waals surface area contributed by atoms with Crippen LogP contribution in [0, 0.1) is 0 Å². The van der Waals surface area contributed by atoms with E-state index in [1.54, 1.807) is 31.2 Å². The Hall–Kier alpha value is -2.83. The second kappa shape index (κ2) is 9.98. The van der Waals surface area contributed by atoms with Crippen molar-refractivity contribution in [2.75, 3.05) is 17.4 Å². The number of rotatable bonds is 8. The van der Waals surface area contributed by atoms with Crippen molar-refractivity contribution in [1.29, 1.82) is 0 Å². The summed E-state index contributed by atoms with van der Waals surface area (Å²) in [4.78, 5) is 12.8. The fourth-order valence-electron chi connectivity index (χ4n) is 3.29.